The van der Waals surface area contributed by atoms with Crippen LogP contribution in [0.3, 0.4) is 0 Å². The maximum atomic E-state index is 13.3. The number of nitrogens with zero attached hydrogens (tertiary/aromatic N) is 2. The second kappa shape index (κ2) is 5.98. The zero-order valence-corrected chi connectivity index (χ0v) is 18.6. The van der Waals surface area contributed by atoms with Crippen molar-refractivity contribution in [3.8, 4) is 0 Å². The van der Waals surface area contributed by atoms with Gasteiger partial charge in [0.15, 0.2) is 23.5 Å². The molecule has 2 aromatic heterocycles. The number of carbonyl (C=O) groups excluding carboxylic acids is 2. The minimum absolute atomic E-state index is 0.191. The molecule has 35 heavy (non-hydrogen) atoms. The molecule has 0 saturated carbocycles. The van der Waals surface area contributed by atoms with Gasteiger partial charge >= 0.3 is 0 Å². The van der Waals surface area contributed by atoms with Crippen LogP contribution >= 0.6 is 0 Å². The molecule has 0 radical (unpaired) electrons. The molecular weight excluding hydrogens is 448 g/mol. The molecule has 5 atom stereocenters. The molecular formula is C27H20N2O6. The van der Waals surface area contributed by atoms with E-state index in [0.717, 1.165) is 10.8 Å². The first-order valence-electron chi connectivity index (χ1n) is 11.6. The minimum Gasteiger partial charge on any atom is -0.387 e. The smallest absolute Gasteiger partial charge is 0.174 e. The quantitative estimate of drug-likeness (QED) is 0.301. The molecule has 0 spiro atoms. The second-order valence-corrected chi connectivity index (χ2v) is 9.95. The monoisotopic (exact) mass is 468 g/mol. The molecule has 0 unspecified atom stereocenters. The van der Waals surface area contributed by atoms with E-state index in [-0.39, 0.29) is 18.0 Å². The van der Waals surface area contributed by atoms with Gasteiger partial charge in [0, 0.05) is 32.7 Å². The number of carbonyl (C=O) groups is 2. The first-order valence-corrected chi connectivity index (χ1v) is 11.6. The summed E-state index contributed by atoms with van der Waals surface area (Å²) < 4.78 is 10.2. The van der Waals surface area contributed by atoms with Gasteiger partial charge in [-0.15, -0.1) is 0 Å². The van der Waals surface area contributed by atoms with E-state index >= 15 is 0 Å². The Hall–Kier alpha value is -3.56. The van der Waals surface area contributed by atoms with Crippen LogP contribution in [-0.2, 0) is 10.5 Å². The fourth-order valence-corrected chi connectivity index (χ4v) is 6.77. The molecule has 8 rings (SSSR count). The van der Waals surface area contributed by atoms with E-state index in [1.807, 2.05) is 57.7 Å². The zero-order chi connectivity index (χ0) is 24.0. The average Bonchev–Trinajstić information content (AvgIpc) is 3.45. The van der Waals surface area contributed by atoms with Gasteiger partial charge in [-0.25, -0.2) is 0 Å². The van der Waals surface area contributed by atoms with Crippen LogP contribution in [0.1, 0.15) is 40.3 Å². The highest BCUT2D eigenvalue weighted by molar-refractivity contribution is 6.40. The lowest BCUT2D eigenvalue weighted by atomic mass is 9.93. The van der Waals surface area contributed by atoms with Crippen molar-refractivity contribution in [3.05, 3.63) is 59.7 Å². The molecule has 1 aliphatic carbocycles. The minimum atomic E-state index is -1.49. The Bertz CT molecular complexity index is 1830. The summed E-state index contributed by atoms with van der Waals surface area (Å²) in [6.07, 6.45) is -5.59. The Kier molecular flexibility index (Phi) is 3.37. The molecule has 3 aromatic carbocycles. The molecule has 3 aliphatic rings. The van der Waals surface area contributed by atoms with Crippen LogP contribution in [0, 0.1) is 0 Å². The fourth-order valence-electron chi connectivity index (χ4n) is 6.77. The summed E-state index contributed by atoms with van der Waals surface area (Å²) in [5, 5.41) is 36.2. The van der Waals surface area contributed by atoms with Gasteiger partial charge in [0.2, 0.25) is 0 Å². The molecule has 5 aromatic rings. The summed E-state index contributed by atoms with van der Waals surface area (Å²) in [6, 6.07) is 15.0. The summed E-state index contributed by atoms with van der Waals surface area (Å²) >= 11 is 0. The summed E-state index contributed by atoms with van der Waals surface area (Å²) in [6.45, 7) is 1.69. The number of hydrogen-bond acceptors (Lipinski definition) is 6. The summed E-state index contributed by atoms with van der Waals surface area (Å²) in [5.41, 5.74) is 2.03. The third-order valence-corrected chi connectivity index (χ3v) is 8.21. The van der Waals surface area contributed by atoms with Crippen LogP contribution < -0.4 is 0 Å². The lowest BCUT2D eigenvalue weighted by Crippen LogP contribution is -2.61. The van der Waals surface area contributed by atoms with Crippen molar-refractivity contribution >= 4 is 55.2 Å². The number of benzene rings is 3. The lowest BCUT2D eigenvalue weighted by molar-refractivity contribution is -0.309. The molecule has 4 heterocycles. The number of ether oxygens (including phenoxy) is 1. The van der Waals surface area contributed by atoms with Crippen molar-refractivity contribution < 1.29 is 29.6 Å². The third kappa shape index (κ3) is 1.98. The Morgan fingerprint density at radius 1 is 0.829 bits per heavy atom. The normalized spacial score (nSPS) is 29.7. The number of ketones is 2. The third-order valence-electron chi connectivity index (χ3n) is 8.21. The van der Waals surface area contributed by atoms with Crippen LogP contribution in [0.4, 0.5) is 0 Å². The number of rotatable bonds is 0. The number of Topliss-reactive ketones (excluding diaryl/α,β-unsaturated/α-hetero) is 2. The van der Waals surface area contributed by atoms with Gasteiger partial charge in [-0.1, -0.05) is 36.4 Å². The average molecular weight is 468 g/mol. The molecule has 2 bridgehead atoms. The van der Waals surface area contributed by atoms with Gasteiger partial charge in [-0.3, -0.25) is 9.59 Å². The van der Waals surface area contributed by atoms with E-state index in [0.29, 0.717) is 44.0 Å². The summed E-state index contributed by atoms with van der Waals surface area (Å²) in [4.78, 5) is 26.6. The van der Waals surface area contributed by atoms with Crippen molar-refractivity contribution in [3.63, 3.8) is 0 Å². The second-order valence-electron chi connectivity index (χ2n) is 9.95. The van der Waals surface area contributed by atoms with Gasteiger partial charge in [0.1, 0.15) is 18.3 Å². The standard InChI is InChI=1S/C27H20N2O6/c1-27-25(34)23(32)24(33)26(35-27)28-13-8-4-2-6-11(13)17-19-15(30)10-16(31)20(19)18-12-7-3-5-9-14(12)29(27)22(18)21(17)28/h2-9,23-26,32-34H,10H2,1H3/t23-,24+,25+,26+,27-/m0/s1. The van der Waals surface area contributed by atoms with Crippen molar-refractivity contribution in [2.75, 3.05) is 0 Å². The van der Waals surface area contributed by atoms with Crippen molar-refractivity contribution in [1.29, 1.82) is 0 Å². The number of hydrogen-bond donors (Lipinski definition) is 3. The van der Waals surface area contributed by atoms with Gasteiger partial charge in [-0.2, -0.15) is 0 Å². The van der Waals surface area contributed by atoms with Crippen molar-refractivity contribution in [1.82, 2.24) is 9.13 Å². The Balaban J connectivity index is 1.78. The van der Waals surface area contributed by atoms with Crippen molar-refractivity contribution in [2.45, 2.75) is 43.6 Å². The molecule has 8 nitrogen and oxygen atoms in total. The lowest BCUT2D eigenvalue weighted by Gasteiger charge is -2.47. The zero-order valence-electron chi connectivity index (χ0n) is 18.6. The molecule has 0 amide bonds. The molecule has 174 valence electrons. The molecule has 1 fully saturated rings. The van der Waals surface area contributed by atoms with Crippen LogP contribution in [0.15, 0.2) is 48.5 Å². The maximum Gasteiger partial charge on any atom is 0.174 e. The number of fused-ring (bicyclic) bond motifs is 13. The maximum absolute atomic E-state index is 13.3. The predicted molar refractivity (Wildman–Crippen MR) is 128 cm³/mol. The van der Waals surface area contributed by atoms with E-state index in [2.05, 4.69) is 0 Å². The van der Waals surface area contributed by atoms with Gasteiger partial charge in [0.05, 0.1) is 28.5 Å². The largest absolute Gasteiger partial charge is 0.387 e. The van der Waals surface area contributed by atoms with E-state index in [1.165, 1.54) is 0 Å². The number of aromatic nitrogens is 2. The van der Waals surface area contributed by atoms with Crippen LogP contribution in [0.25, 0.3) is 43.6 Å². The topological polar surface area (TPSA) is 114 Å². The predicted octanol–water partition coefficient (Wildman–Crippen LogP) is 2.97. The highest BCUT2D eigenvalue weighted by Crippen LogP contribution is 2.53. The molecule has 1 saturated heterocycles. The first kappa shape index (κ1) is 19.7. The van der Waals surface area contributed by atoms with Gasteiger partial charge in [-0.05, 0) is 19.1 Å². The number of aliphatic hydroxyl groups excluding tert-OH is 3. The van der Waals surface area contributed by atoms with Crippen LogP contribution in [0.5, 0.6) is 0 Å². The van der Waals surface area contributed by atoms with Crippen LogP contribution in [-0.4, -0.2) is 54.3 Å². The highest BCUT2D eigenvalue weighted by Gasteiger charge is 2.56. The van der Waals surface area contributed by atoms with E-state index < -0.39 is 30.3 Å². The van der Waals surface area contributed by atoms with E-state index in [4.69, 9.17) is 4.74 Å². The SMILES string of the molecule is C[C@]12O[C@H]([C@H](O)[C@H](O)[C@H]1O)n1c3ccccc3c3c4c(c5c6ccccc6n2c5c31)C(=O)CC4=O. The number of aliphatic hydroxyl groups is 3. The first-order chi connectivity index (χ1) is 16.8. The number of para-hydroxylation sites is 2. The van der Waals surface area contributed by atoms with Gasteiger partial charge < -0.3 is 29.2 Å². The fraction of sp³-hybridized carbons (Fsp3) is 0.259. The molecule has 2 aliphatic heterocycles. The van der Waals surface area contributed by atoms with E-state index in [1.54, 1.807) is 6.92 Å². The Morgan fingerprint density at radius 2 is 1.40 bits per heavy atom. The molecule has 8 heteroatoms. The Morgan fingerprint density at radius 3 is 2.09 bits per heavy atom. The molecule has 3 N–H and O–H groups in total. The Labute approximate surface area is 197 Å². The van der Waals surface area contributed by atoms with Gasteiger partial charge in [0.25, 0.3) is 0 Å². The van der Waals surface area contributed by atoms with E-state index in [9.17, 15) is 24.9 Å². The van der Waals surface area contributed by atoms with Crippen molar-refractivity contribution in [2.24, 2.45) is 0 Å². The summed E-state index contributed by atoms with van der Waals surface area (Å²) in [5.74, 6) is -0.461. The summed E-state index contributed by atoms with van der Waals surface area (Å²) in [7, 11) is 0. The highest BCUT2D eigenvalue weighted by atomic mass is 16.6. The van der Waals surface area contributed by atoms with Crippen LogP contribution in [0.2, 0.25) is 0 Å².